The van der Waals surface area contributed by atoms with E-state index in [1.165, 1.54) is 12.1 Å². The van der Waals surface area contributed by atoms with E-state index in [1.807, 2.05) is 6.92 Å². The number of carbonyl (C=O) groups excluding carboxylic acids is 1. The summed E-state index contributed by atoms with van der Waals surface area (Å²) in [4.78, 5) is 12.0. The van der Waals surface area contributed by atoms with Crippen LogP contribution in [0.1, 0.15) is 37.0 Å². The molecule has 0 saturated carbocycles. The molecular formula is C14H17Cl3O3. The van der Waals surface area contributed by atoms with Crippen molar-refractivity contribution in [2.75, 3.05) is 13.2 Å². The van der Waals surface area contributed by atoms with E-state index in [0.717, 1.165) is 12.8 Å². The molecule has 112 valence electrons. The molecule has 0 amide bonds. The van der Waals surface area contributed by atoms with Crippen LogP contribution in [0.2, 0.25) is 15.1 Å². The molecule has 0 bridgehead atoms. The van der Waals surface area contributed by atoms with Crippen LogP contribution in [0.3, 0.4) is 0 Å². The molecule has 0 aliphatic rings. The van der Waals surface area contributed by atoms with Gasteiger partial charge in [-0.05, 0) is 25.5 Å². The predicted octanol–water partition coefficient (Wildman–Crippen LogP) is 5.01. The Morgan fingerprint density at radius 1 is 1.25 bits per heavy atom. The van der Waals surface area contributed by atoms with E-state index in [9.17, 15) is 4.79 Å². The number of rotatable bonds is 7. The largest absolute Gasteiger partial charge is 0.459 e. The van der Waals surface area contributed by atoms with E-state index in [0.29, 0.717) is 6.61 Å². The Morgan fingerprint density at radius 2 is 1.90 bits per heavy atom. The minimum Gasteiger partial charge on any atom is -0.459 e. The van der Waals surface area contributed by atoms with Crippen molar-refractivity contribution in [3.8, 4) is 0 Å². The number of carbonyl (C=O) groups is 1. The second kappa shape index (κ2) is 8.73. The molecule has 1 unspecified atom stereocenters. The van der Waals surface area contributed by atoms with Gasteiger partial charge in [0.05, 0.1) is 26.7 Å². The van der Waals surface area contributed by atoms with Crippen LogP contribution in [-0.2, 0) is 9.47 Å². The van der Waals surface area contributed by atoms with Crippen LogP contribution in [0, 0.1) is 0 Å². The van der Waals surface area contributed by atoms with Gasteiger partial charge >= 0.3 is 5.97 Å². The van der Waals surface area contributed by atoms with Gasteiger partial charge in [-0.2, -0.15) is 0 Å². The van der Waals surface area contributed by atoms with Gasteiger partial charge in [0.15, 0.2) is 0 Å². The lowest BCUT2D eigenvalue weighted by atomic mass is 10.2. The molecule has 6 heteroatoms. The molecule has 0 heterocycles. The molecule has 0 fully saturated rings. The normalized spacial score (nSPS) is 12.2. The van der Waals surface area contributed by atoms with Gasteiger partial charge in [0.2, 0.25) is 0 Å². The van der Waals surface area contributed by atoms with Gasteiger partial charge in [0.1, 0.15) is 6.61 Å². The summed E-state index contributed by atoms with van der Waals surface area (Å²) in [5.41, 5.74) is 0.0848. The van der Waals surface area contributed by atoms with E-state index < -0.39 is 5.97 Å². The molecule has 0 saturated heterocycles. The zero-order chi connectivity index (χ0) is 15.1. The minimum absolute atomic E-state index is 0.0848. The molecule has 0 radical (unpaired) electrons. The van der Waals surface area contributed by atoms with Crippen molar-refractivity contribution in [1.29, 1.82) is 0 Å². The Balaban J connectivity index is 2.57. The lowest BCUT2D eigenvalue weighted by Crippen LogP contribution is -2.20. The van der Waals surface area contributed by atoms with Crippen LogP contribution in [0.15, 0.2) is 12.1 Å². The first-order valence-corrected chi connectivity index (χ1v) is 7.53. The summed E-state index contributed by atoms with van der Waals surface area (Å²) in [6, 6.07) is 3.03. The van der Waals surface area contributed by atoms with Crippen molar-refractivity contribution >= 4 is 40.8 Å². The van der Waals surface area contributed by atoms with Crippen LogP contribution < -0.4 is 0 Å². The van der Waals surface area contributed by atoms with Crippen molar-refractivity contribution in [3.05, 3.63) is 32.8 Å². The maximum atomic E-state index is 12.0. The van der Waals surface area contributed by atoms with Gasteiger partial charge in [-0.25, -0.2) is 4.79 Å². The topological polar surface area (TPSA) is 35.5 Å². The van der Waals surface area contributed by atoms with Crippen LogP contribution in [0.4, 0.5) is 0 Å². The molecule has 3 nitrogen and oxygen atoms in total. The Kier molecular flexibility index (Phi) is 7.67. The fourth-order valence-corrected chi connectivity index (χ4v) is 2.14. The van der Waals surface area contributed by atoms with Gasteiger partial charge in [-0.1, -0.05) is 48.1 Å². The van der Waals surface area contributed by atoms with E-state index >= 15 is 0 Å². The summed E-state index contributed by atoms with van der Waals surface area (Å²) in [5.74, 6) is -0.603. The fraction of sp³-hybridized carbons (Fsp3) is 0.500. The Morgan fingerprint density at radius 3 is 2.55 bits per heavy atom. The number of esters is 1. The molecule has 0 aromatic heterocycles. The van der Waals surface area contributed by atoms with Crippen molar-refractivity contribution in [1.82, 2.24) is 0 Å². The number of benzene rings is 1. The average molecular weight is 340 g/mol. The third kappa shape index (κ3) is 5.13. The number of unbranched alkanes of at least 4 members (excludes halogenated alkanes) is 1. The van der Waals surface area contributed by atoms with Crippen LogP contribution in [0.25, 0.3) is 0 Å². The highest BCUT2D eigenvalue weighted by molar-refractivity contribution is 6.46. The maximum absolute atomic E-state index is 12.0. The molecule has 0 aliphatic heterocycles. The lowest BCUT2D eigenvalue weighted by Gasteiger charge is -2.14. The Hall–Kier alpha value is -0.480. The summed E-state index contributed by atoms with van der Waals surface area (Å²) < 4.78 is 10.6. The first-order chi connectivity index (χ1) is 9.47. The van der Waals surface area contributed by atoms with Gasteiger partial charge in [-0.15, -0.1) is 0 Å². The zero-order valence-corrected chi connectivity index (χ0v) is 13.7. The van der Waals surface area contributed by atoms with Gasteiger partial charge in [0, 0.05) is 6.61 Å². The van der Waals surface area contributed by atoms with Crippen LogP contribution >= 0.6 is 34.8 Å². The van der Waals surface area contributed by atoms with Crippen LogP contribution in [0.5, 0.6) is 0 Å². The van der Waals surface area contributed by atoms with Crippen molar-refractivity contribution < 1.29 is 14.3 Å². The molecule has 1 rings (SSSR count). The van der Waals surface area contributed by atoms with Gasteiger partial charge < -0.3 is 9.47 Å². The highest BCUT2D eigenvalue weighted by Gasteiger charge is 2.19. The zero-order valence-electron chi connectivity index (χ0n) is 11.4. The maximum Gasteiger partial charge on any atom is 0.341 e. The highest BCUT2D eigenvalue weighted by Crippen LogP contribution is 2.31. The van der Waals surface area contributed by atoms with Gasteiger partial charge in [0.25, 0.3) is 0 Å². The Bertz CT molecular complexity index is 463. The number of hydrogen-bond acceptors (Lipinski definition) is 3. The standard InChI is InChI=1S/C14H17Cl3O3/c1-3-4-7-19-9(2)8-20-14(18)12-10(15)5-6-11(16)13(12)17/h5-6,9H,3-4,7-8H2,1-2H3. The second-order valence-electron chi connectivity index (χ2n) is 4.35. The molecule has 1 aromatic rings. The predicted molar refractivity (Wildman–Crippen MR) is 82.1 cm³/mol. The quantitative estimate of drug-likeness (QED) is 0.398. The summed E-state index contributed by atoms with van der Waals surface area (Å²) >= 11 is 17.8. The number of hydrogen-bond donors (Lipinski definition) is 0. The van der Waals surface area contributed by atoms with E-state index in [4.69, 9.17) is 44.3 Å². The fourth-order valence-electron chi connectivity index (χ4n) is 1.46. The molecule has 20 heavy (non-hydrogen) atoms. The minimum atomic E-state index is -0.603. The highest BCUT2D eigenvalue weighted by atomic mass is 35.5. The lowest BCUT2D eigenvalue weighted by molar-refractivity contribution is -0.00108. The van der Waals surface area contributed by atoms with E-state index in [2.05, 4.69) is 6.92 Å². The van der Waals surface area contributed by atoms with Gasteiger partial charge in [-0.3, -0.25) is 0 Å². The third-order valence-electron chi connectivity index (χ3n) is 2.60. The third-order valence-corrected chi connectivity index (χ3v) is 3.72. The number of halogens is 3. The van der Waals surface area contributed by atoms with E-state index in [1.54, 1.807) is 0 Å². The van der Waals surface area contributed by atoms with Crippen molar-refractivity contribution in [2.45, 2.75) is 32.8 Å². The Labute approximate surface area is 134 Å². The van der Waals surface area contributed by atoms with E-state index in [-0.39, 0.29) is 33.3 Å². The monoisotopic (exact) mass is 338 g/mol. The summed E-state index contributed by atoms with van der Waals surface area (Å²) in [7, 11) is 0. The molecule has 0 spiro atoms. The number of ether oxygens (including phenoxy) is 2. The summed E-state index contributed by atoms with van der Waals surface area (Å²) in [5, 5.41) is 0.572. The summed E-state index contributed by atoms with van der Waals surface area (Å²) in [6.45, 7) is 4.71. The summed E-state index contributed by atoms with van der Waals surface area (Å²) in [6.07, 6.45) is 1.85. The molecule has 0 N–H and O–H groups in total. The second-order valence-corrected chi connectivity index (χ2v) is 5.54. The first-order valence-electron chi connectivity index (χ1n) is 6.39. The van der Waals surface area contributed by atoms with Crippen molar-refractivity contribution in [2.24, 2.45) is 0 Å². The molecule has 1 aromatic carbocycles. The van der Waals surface area contributed by atoms with Crippen molar-refractivity contribution in [3.63, 3.8) is 0 Å². The first kappa shape index (κ1) is 17.6. The molecule has 0 aliphatic carbocycles. The average Bonchev–Trinajstić information content (AvgIpc) is 2.41. The van der Waals surface area contributed by atoms with Crippen LogP contribution in [-0.4, -0.2) is 25.3 Å². The SMILES string of the molecule is CCCCOC(C)COC(=O)c1c(Cl)ccc(Cl)c1Cl. The molecule has 1 atom stereocenters. The molecular weight excluding hydrogens is 323 g/mol. The smallest absolute Gasteiger partial charge is 0.341 e.